The van der Waals surface area contributed by atoms with E-state index in [4.69, 9.17) is 21.7 Å². The number of rotatable bonds is 7. The number of hydrogen-bond donors (Lipinski definition) is 2. The summed E-state index contributed by atoms with van der Waals surface area (Å²) in [6.45, 7) is 3.71. The molecule has 0 spiro atoms. The molecule has 2 N–H and O–H groups in total. The molecular weight excluding hydrogens is 370 g/mol. The van der Waals surface area contributed by atoms with Gasteiger partial charge in [0.15, 0.2) is 5.11 Å². The molecule has 0 aromatic carbocycles. The Morgan fingerprint density at radius 3 is 2.70 bits per heavy atom. The van der Waals surface area contributed by atoms with E-state index in [2.05, 4.69) is 10.6 Å². The molecule has 2 amide bonds. The molecule has 1 aliphatic heterocycles. The Balaban J connectivity index is 1.89. The predicted octanol–water partition coefficient (Wildman–Crippen LogP) is 0.738. The molecule has 0 aromatic rings. The lowest BCUT2D eigenvalue weighted by molar-refractivity contribution is -0.148. The number of carbonyl (C=O) groups excluding carboxylic acids is 3. The Hall–Kier alpha value is -1.74. The van der Waals surface area contributed by atoms with Gasteiger partial charge in [0.2, 0.25) is 11.8 Å². The quantitative estimate of drug-likeness (QED) is 0.370. The van der Waals surface area contributed by atoms with E-state index in [9.17, 15) is 14.4 Å². The van der Waals surface area contributed by atoms with E-state index in [0.717, 1.165) is 32.1 Å². The molecule has 0 bridgehead atoms. The van der Waals surface area contributed by atoms with E-state index in [-0.39, 0.29) is 35.9 Å². The molecule has 27 heavy (non-hydrogen) atoms. The molecule has 1 unspecified atom stereocenters. The number of nitrogens with zero attached hydrogens (tertiary/aromatic N) is 1. The van der Waals surface area contributed by atoms with Crippen LogP contribution in [-0.4, -0.2) is 66.7 Å². The van der Waals surface area contributed by atoms with Crippen molar-refractivity contribution in [2.75, 3.05) is 32.9 Å². The van der Waals surface area contributed by atoms with Crippen LogP contribution in [0.2, 0.25) is 0 Å². The summed E-state index contributed by atoms with van der Waals surface area (Å²) >= 11 is 5.37. The largest absolute Gasteiger partial charge is 0.463 e. The zero-order valence-electron chi connectivity index (χ0n) is 15.8. The summed E-state index contributed by atoms with van der Waals surface area (Å²) in [6, 6.07) is -0.780. The van der Waals surface area contributed by atoms with Crippen molar-refractivity contribution in [3.05, 3.63) is 0 Å². The number of nitrogens with one attached hydrogen (secondary N) is 2. The summed E-state index contributed by atoms with van der Waals surface area (Å²) in [4.78, 5) is 38.3. The highest BCUT2D eigenvalue weighted by molar-refractivity contribution is 7.80. The first-order chi connectivity index (χ1) is 13.0. The second-order valence-corrected chi connectivity index (χ2v) is 7.14. The van der Waals surface area contributed by atoms with Gasteiger partial charge in [-0.15, -0.1) is 0 Å². The smallest absolute Gasteiger partial charge is 0.308 e. The number of hydrogen-bond acceptors (Lipinski definition) is 6. The highest BCUT2D eigenvalue weighted by Crippen LogP contribution is 2.23. The van der Waals surface area contributed by atoms with Crippen LogP contribution in [0, 0.1) is 5.92 Å². The summed E-state index contributed by atoms with van der Waals surface area (Å²) in [5, 5.41) is 5.70. The third-order valence-corrected chi connectivity index (χ3v) is 5.19. The number of piperazine rings is 1. The van der Waals surface area contributed by atoms with Gasteiger partial charge in [0.25, 0.3) is 0 Å². The molecule has 9 heteroatoms. The van der Waals surface area contributed by atoms with Crippen molar-refractivity contribution >= 4 is 35.1 Å². The molecule has 1 aliphatic carbocycles. The van der Waals surface area contributed by atoms with Gasteiger partial charge in [0.1, 0.15) is 12.6 Å². The summed E-state index contributed by atoms with van der Waals surface area (Å²) in [7, 11) is 0. The molecule has 1 atom stereocenters. The van der Waals surface area contributed by atoms with Gasteiger partial charge >= 0.3 is 5.97 Å². The normalized spacial score (nSPS) is 20.7. The fourth-order valence-electron chi connectivity index (χ4n) is 3.38. The minimum Gasteiger partial charge on any atom is -0.463 e. The summed E-state index contributed by atoms with van der Waals surface area (Å²) < 4.78 is 10.2. The van der Waals surface area contributed by atoms with E-state index >= 15 is 0 Å². The maximum atomic E-state index is 12.4. The Labute approximate surface area is 165 Å². The monoisotopic (exact) mass is 399 g/mol. The van der Waals surface area contributed by atoms with Gasteiger partial charge in [-0.25, -0.2) is 0 Å². The summed E-state index contributed by atoms with van der Waals surface area (Å²) in [5.41, 5.74) is 0. The fourth-order valence-corrected chi connectivity index (χ4v) is 3.70. The lowest BCUT2D eigenvalue weighted by atomic mass is 9.89. The Morgan fingerprint density at radius 1 is 1.26 bits per heavy atom. The van der Waals surface area contributed by atoms with Gasteiger partial charge in [-0.1, -0.05) is 19.3 Å². The zero-order chi connectivity index (χ0) is 19.6. The topological polar surface area (TPSA) is 97.0 Å². The summed E-state index contributed by atoms with van der Waals surface area (Å²) in [6.07, 6.45) is 4.86. The Bertz CT molecular complexity index is 551. The number of thiocarbonyl (C=S) groups is 1. The van der Waals surface area contributed by atoms with Gasteiger partial charge in [0.05, 0.1) is 13.0 Å². The zero-order valence-corrected chi connectivity index (χ0v) is 16.6. The first kappa shape index (κ1) is 21.6. The molecule has 2 fully saturated rings. The SMILES string of the molecule is CCOCCOC(=O)CC1C(=O)NCCN1C(=S)NC(=O)C1CCCCC1. The Morgan fingerprint density at radius 2 is 2.00 bits per heavy atom. The highest BCUT2D eigenvalue weighted by atomic mass is 32.1. The second kappa shape index (κ2) is 11.2. The van der Waals surface area contributed by atoms with Crippen LogP contribution in [0.15, 0.2) is 0 Å². The van der Waals surface area contributed by atoms with E-state index in [1.165, 1.54) is 0 Å². The first-order valence-corrected chi connectivity index (χ1v) is 10.1. The van der Waals surface area contributed by atoms with Gasteiger partial charge < -0.3 is 25.0 Å². The second-order valence-electron chi connectivity index (χ2n) is 6.75. The van der Waals surface area contributed by atoms with Crippen LogP contribution in [0.25, 0.3) is 0 Å². The van der Waals surface area contributed by atoms with Gasteiger partial charge in [-0.05, 0) is 32.0 Å². The average Bonchev–Trinajstić information content (AvgIpc) is 2.67. The van der Waals surface area contributed by atoms with Gasteiger partial charge in [-0.3, -0.25) is 14.4 Å². The van der Waals surface area contributed by atoms with Crippen LogP contribution >= 0.6 is 12.2 Å². The van der Waals surface area contributed by atoms with Gasteiger partial charge in [-0.2, -0.15) is 0 Å². The molecule has 8 nitrogen and oxygen atoms in total. The van der Waals surface area contributed by atoms with Crippen LogP contribution in [0.1, 0.15) is 45.4 Å². The van der Waals surface area contributed by atoms with Crippen LogP contribution in [0.4, 0.5) is 0 Å². The van der Waals surface area contributed by atoms with Crippen LogP contribution in [-0.2, 0) is 23.9 Å². The van der Waals surface area contributed by atoms with Crippen molar-refractivity contribution < 1.29 is 23.9 Å². The number of carbonyl (C=O) groups is 3. The van der Waals surface area contributed by atoms with Crippen molar-refractivity contribution in [3.8, 4) is 0 Å². The van der Waals surface area contributed by atoms with Crippen LogP contribution in [0.3, 0.4) is 0 Å². The van der Waals surface area contributed by atoms with Crippen LogP contribution < -0.4 is 10.6 Å². The van der Waals surface area contributed by atoms with E-state index in [1.54, 1.807) is 4.90 Å². The molecule has 152 valence electrons. The van der Waals surface area contributed by atoms with Crippen molar-refractivity contribution in [1.29, 1.82) is 0 Å². The minimum absolute atomic E-state index is 0.0303. The number of ether oxygens (including phenoxy) is 2. The molecular formula is C18H29N3O5S. The maximum Gasteiger partial charge on any atom is 0.308 e. The lowest BCUT2D eigenvalue weighted by Gasteiger charge is -2.36. The third kappa shape index (κ3) is 6.73. The average molecular weight is 400 g/mol. The van der Waals surface area contributed by atoms with Crippen LogP contribution in [0.5, 0.6) is 0 Å². The Kier molecular flexibility index (Phi) is 8.93. The number of esters is 1. The van der Waals surface area contributed by atoms with E-state index in [0.29, 0.717) is 26.3 Å². The molecule has 1 heterocycles. The number of amides is 2. The van der Waals surface area contributed by atoms with Crippen molar-refractivity contribution in [2.24, 2.45) is 5.92 Å². The van der Waals surface area contributed by atoms with Gasteiger partial charge in [0, 0.05) is 25.6 Å². The lowest BCUT2D eigenvalue weighted by Crippen LogP contribution is -2.60. The fraction of sp³-hybridized carbons (Fsp3) is 0.778. The van der Waals surface area contributed by atoms with Crippen molar-refractivity contribution in [3.63, 3.8) is 0 Å². The van der Waals surface area contributed by atoms with Crippen molar-refractivity contribution in [1.82, 2.24) is 15.5 Å². The van der Waals surface area contributed by atoms with E-state index in [1.807, 2.05) is 6.92 Å². The highest BCUT2D eigenvalue weighted by Gasteiger charge is 2.34. The first-order valence-electron chi connectivity index (χ1n) is 9.65. The molecule has 2 aliphatic rings. The molecule has 2 rings (SSSR count). The minimum atomic E-state index is -0.780. The summed E-state index contributed by atoms with van der Waals surface area (Å²) in [5.74, 6) is -0.915. The molecule has 1 saturated carbocycles. The molecule has 0 aromatic heterocycles. The van der Waals surface area contributed by atoms with E-state index < -0.39 is 12.0 Å². The molecule has 0 radical (unpaired) electrons. The third-order valence-electron chi connectivity index (χ3n) is 4.85. The standard InChI is InChI=1S/C18H29N3O5S/c1-2-25-10-11-26-15(22)12-14-17(24)19-8-9-21(14)18(27)20-16(23)13-6-4-3-5-7-13/h13-14H,2-12H2,1H3,(H,19,24)(H,20,23,27). The maximum absolute atomic E-state index is 12.4. The molecule has 1 saturated heterocycles. The van der Waals surface area contributed by atoms with Crippen molar-refractivity contribution in [2.45, 2.75) is 51.5 Å². The predicted molar refractivity (Wildman–Crippen MR) is 103 cm³/mol.